The number of rotatable bonds is 5. The molecule has 0 fully saturated rings. The highest BCUT2D eigenvalue weighted by molar-refractivity contribution is 14.1. The average Bonchev–Trinajstić information content (AvgIpc) is 2.28. The Hall–Kier alpha value is -0.820. The van der Waals surface area contributed by atoms with E-state index in [9.17, 15) is 4.79 Å². The third-order valence-electron chi connectivity index (χ3n) is 2.08. The zero-order valence-corrected chi connectivity index (χ0v) is 11.1. The molecule has 0 aliphatic carbocycles. The molecule has 16 heavy (non-hydrogen) atoms. The predicted octanol–water partition coefficient (Wildman–Crippen LogP) is 1.81. The molecule has 0 amide bonds. The molecule has 1 aromatic rings. The van der Waals surface area contributed by atoms with Crippen molar-refractivity contribution in [2.45, 2.75) is 19.4 Å². The third kappa shape index (κ3) is 3.97. The number of hydrogen-bond donors (Lipinski definition) is 2. The molecule has 0 aliphatic heterocycles. The van der Waals surface area contributed by atoms with E-state index in [2.05, 4.69) is 3.53 Å². The first-order valence-electron chi connectivity index (χ1n) is 4.98. The second kappa shape index (κ2) is 6.70. The van der Waals surface area contributed by atoms with E-state index in [4.69, 9.17) is 9.84 Å². The summed E-state index contributed by atoms with van der Waals surface area (Å²) in [6.07, 6.45) is 0.544. The quantitative estimate of drug-likeness (QED) is 0.490. The Kier molecular flexibility index (Phi) is 5.54. The van der Waals surface area contributed by atoms with E-state index in [0.29, 0.717) is 13.0 Å². The number of phenols is 1. The van der Waals surface area contributed by atoms with E-state index < -0.39 is 0 Å². The van der Waals surface area contributed by atoms with Gasteiger partial charge in [-0.05, 0) is 31.0 Å². The number of nitrogens with one attached hydrogen (secondary N) is 1. The van der Waals surface area contributed by atoms with E-state index in [0.717, 1.165) is 5.56 Å². The van der Waals surface area contributed by atoms with Gasteiger partial charge in [-0.25, -0.2) is 3.53 Å². The van der Waals surface area contributed by atoms with Gasteiger partial charge in [-0.1, -0.05) is 12.1 Å². The molecule has 1 aromatic carbocycles. The highest BCUT2D eigenvalue weighted by Gasteiger charge is 2.18. The van der Waals surface area contributed by atoms with E-state index in [-0.39, 0.29) is 17.8 Å². The molecule has 0 aliphatic rings. The van der Waals surface area contributed by atoms with Crippen LogP contribution in [-0.4, -0.2) is 23.7 Å². The predicted molar refractivity (Wildman–Crippen MR) is 69.4 cm³/mol. The topological polar surface area (TPSA) is 58.6 Å². The first kappa shape index (κ1) is 13.2. The molecule has 0 radical (unpaired) electrons. The number of phenolic OH excluding ortho intramolecular Hbond substituents is 1. The molecule has 1 rings (SSSR count). The van der Waals surface area contributed by atoms with Crippen molar-refractivity contribution in [2.75, 3.05) is 6.61 Å². The summed E-state index contributed by atoms with van der Waals surface area (Å²) in [6, 6.07) is 6.42. The first-order chi connectivity index (χ1) is 7.67. The minimum atomic E-state index is -0.356. The third-order valence-corrected chi connectivity index (χ3v) is 2.83. The molecular formula is C11H14INO3. The summed E-state index contributed by atoms with van der Waals surface area (Å²) in [5.41, 5.74) is 0.972. The summed E-state index contributed by atoms with van der Waals surface area (Å²) in [5, 5.41) is 9.13. The van der Waals surface area contributed by atoms with Crippen LogP contribution in [0.4, 0.5) is 0 Å². The van der Waals surface area contributed by atoms with Crippen LogP contribution in [0.25, 0.3) is 0 Å². The van der Waals surface area contributed by atoms with Crippen LogP contribution in [0.5, 0.6) is 5.75 Å². The maximum Gasteiger partial charge on any atom is 0.324 e. The molecule has 4 nitrogen and oxygen atoms in total. The van der Waals surface area contributed by atoms with Gasteiger partial charge in [0, 0.05) is 22.9 Å². The van der Waals surface area contributed by atoms with Gasteiger partial charge in [-0.3, -0.25) is 4.79 Å². The van der Waals surface area contributed by atoms with Gasteiger partial charge in [0.25, 0.3) is 0 Å². The molecule has 0 heterocycles. The monoisotopic (exact) mass is 335 g/mol. The Morgan fingerprint density at radius 3 is 2.62 bits per heavy atom. The fraction of sp³-hybridized carbons (Fsp3) is 0.364. The van der Waals surface area contributed by atoms with Crippen LogP contribution in [0.15, 0.2) is 24.3 Å². The van der Waals surface area contributed by atoms with Gasteiger partial charge in [0.1, 0.15) is 11.8 Å². The molecule has 0 saturated heterocycles. The van der Waals surface area contributed by atoms with Crippen molar-refractivity contribution in [1.82, 2.24) is 3.53 Å². The number of esters is 1. The van der Waals surface area contributed by atoms with Gasteiger partial charge in [-0.2, -0.15) is 0 Å². The lowest BCUT2D eigenvalue weighted by molar-refractivity contribution is -0.144. The first-order valence-corrected chi connectivity index (χ1v) is 6.06. The highest BCUT2D eigenvalue weighted by atomic mass is 127. The number of ether oxygens (including phenoxy) is 1. The van der Waals surface area contributed by atoms with Crippen LogP contribution >= 0.6 is 22.9 Å². The van der Waals surface area contributed by atoms with Gasteiger partial charge in [0.05, 0.1) is 6.61 Å². The van der Waals surface area contributed by atoms with Crippen LogP contribution in [0.3, 0.4) is 0 Å². The van der Waals surface area contributed by atoms with Crippen molar-refractivity contribution >= 4 is 28.8 Å². The zero-order valence-electron chi connectivity index (χ0n) is 8.94. The van der Waals surface area contributed by atoms with Crippen LogP contribution in [-0.2, 0) is 16.0 Å². The Balaban J connectivity index is 2.62. The number of benzene rings is 1. The fourth-order valence-electron chi connectivity index (χ4n) is 1.28. The normalized spacial score (nSPS) is 12.1. The highest BCUT2D eigenvalue weighted by Crippen LogP contribution is 2.12. The van der Waals surface area contributed by atoms with Gasteiger partial charge < -0.3 is 9.84 Å². The number of halogens is 1. The largest absolute Gasteiger partial charge is 0.508 e. The maximum absolute atomic E-state index is 11.5. The van der Waals surface area contributed by atoms with E-state index in [1.807, 2.05) is 22.9 Å². The van der Waals surface area contributed by atoms with Crippen molar-refractivity contribution < 1.29 is 14.6 Å². The van der Waals surface area contributed by atoms with Gasteiger partial charge in [0.2, 0.25) is 0 Å². The fourth-order valence-corrected chi connectivity index (χ4v) is 1.75. The summed E-state index contributed by atoms with van der Waals surface area (Å²) < 4.78 is 7.82. The molecule has 5 heteroatoms. The molecular weight excluding hydrogens is 321 g/mol. The second-order valence-corrected chi connectivity index (χ2v) is 3.91. The standard InChI is InChI=1S/C11H14INO3/c1-2-16-11(15)10(13-12)7-8-3-5-9(14)6-4-8/h3-6,10,13-14H,2,7H2,1H3. The van der Waals surface area contributed by atoms with Gasteiger partial charge >= 0.3 is 5.97 Å². The number of carbonyl (C=O) groups is 1. The van der Waals surface area contributed by atoms with Gasteiger partial charge in [-0.15, -0.1) is 0 Å². The second-order valence-electron chi connectivity index (χ2n) is 3.28. The summed E-state index contributed by atoms with van der Waals surface area (Å²) in [4.78, 5) is 11.5. The van der Waals surface area contributed by atoms with Crippen molar-refractivity contribution in [3.63, 3.8) is 0 Å². The summed E-state index contributed by atoms with van der Waals surface area (Å²) >= 11 is 1.94. The Bertz CT molecular complexity index is 340. The molecule has 0 spiro atoms. The maximum atomic E-state index is 11.5. The van der Waals surface area contributed by atoms with E-state index in [1.54, 1.807) is 31.2 Å². The van der Waals surface area contributed by atoms with Crippen LogP contribution in [0.1, 0.15) is 12.5 Å². The smallest absolute Gasteiger partial charge is 0.324 e. The molecule has 1 unspecified atom stereocenters. The van der Waals surface area contributed by atoms with E-state index in [1.165, 1.54) is 0 Å². The van der Waals surface area contributed by atoms with Crippen LogP contribution in [0, 0.1) is 0 Å². The molecule has 0 bridgehead atoms. The Labute approximate surface area is 108 Å². The molecule has 1 atom stereocenters. The molecule has 0 aromatic heterocycles. The number of aromatic hydroxyl groups is 1. The average molecular weight is 335 g/mol. The lowest BCUT2D eigenvalue weighted by atomic mass is 10.1. The number of hydrogen-bond acceptors (Lipinski definition) is 4. The van der Waals surface area contributed by atoms with Gasteiger partial charge in [0.15, 0.2) is 0 Å². The van der Waals surface area contributed by atoms with Crippen LogP contribution in [0.2, 0.25) is 0 Å². The SMILES string of the molecule is CCOC(=O)C(Cc1ccc(O)cc1)NI. The van der Waals surface area contributed by atoms with Crippen molar-refractivity contribution in [3.05, 3.63) is 29.8 Å². The summed E-state index contributed by atoms with van der Waals surface area (Å²) in [7, 11) is 0. The number of carbonyl (C=O) groups excluding carboxylic acids is 1. The minimum absolute atomic E-state index is 0.221. The summed E-state index contributed by atoms with van der Waals surface area (Å²) in [5.74, 6) is -0.0381. The molecule has 2 N–H and O–H groups in total. The Morgan fingerprint density at radius 1 is 1.50 bits per heavy atom. The molecule has 88 valence electrons. The minimum Gasteiger partial charge on any atom is -0.508 e. The van der Waals surface area contributed by atoms with Crippen molar-refractivity contribution in [3.8, 4) is 5.75 Å². The van der Waals surface area contributed by atoms with Crippen molar-refractivity contribution in [2.24, 2.45) is 0 Å². The lowest BCUT2D eigenvalue weighted by Crippen LogP contribution is -2.34. The van der Waals surface area contributed by atoms with Crippen molar-refractivity contribution in [1.29, 1.82) is 0 Å². The zero-order chi connectivity index (χ0) is 12.0. The molecule has 0 saturated carbocycles. The van der Waals surface area contributed by atoms with E-state index >= 15 is 0 Å². The van der Waals surface area contributed by atoms with Crippen LogP contribution < -0.4 is 3.53 Å². The summed E-state index contributed by atoms with van der Waals surface area (Å²) in [6.45, 7) is 2.16. The lowest BCUT2D eigenvalue weighted by Gasteiger charge is -2.13. The Morgan fingerprint density at radius 2 is 2.12 bits per heavy atom.